The number of pyridine rings is 1. The number of halogens is 7. The van der Waals surface area contributed by atoms with E-state index in [0.29, 0.717) is 51.7 Å². The SMILES string of the molecule is CCOc1c(C(C)n2nc(C)c3c(N)ncnc32)cc(Cl)c(C#N)c1-c1ccc(C(C)(C)O)nc1.O=C(O)C(F)(F)F.O=C(O)C(F)(F)F. The Balaban J connectivity index is 0.000000500. The molecule has 4 aromatic rings. The van der Waals surface area contributed by atoms with E-state index in [-0.39, 0.29) is 16.6 Å². The number of hydrogen-bond acceptors (Lipinski definition) is 10. The van der Waals surface area contributed by atoms with Gasteiger partial charge < -0.3 is 25.8 Å². The van der Waals surface area contributed by atoms with Crippen LogP contribution >= 0.6 is 11.6 Å². The summed E-state index contributed by atoms with van der Waals surface area (Å²) in [4.78, 5) is 30.7. The molecule has 0 fully saturated rings. The van der Waals surface area contributed by atoms with Gasteiger partial charge in [0.25, 0.3) is 0 Å². The van der Waals surface area contributed by atoms with Gasteiger partial charge in [0.05, 0.1) is 40.0 Å². The van der Waals surface area contributed by atoms with Crippen LogP contribution in [0.4, 0.5) is 32.2 Å². The van der Waals surface area contributed by atoms with Gasteiger partial charge in [-0.05, 0) is 46.8 Å². The van der Waals surface area contributed by atoms with E-state index in [0.717, 1.165) is 5.56 Å². The van der Waals surface area contributed by atoms with Crippen LogP contribution in [0.15, 0.2) is 30.7 Å². The molecule has 13 nitrogen and oxygen atoms in total. The number of fused-ring (bicyclic) bond motifs is 1. The highest BCUT2D eigenvalue weighted by atomic mass is 35.5. The van der Waals surface area contributed by atoms with Crippen LogP contribution in [-0.4, -0.2) is 71.0 Å². The van der Waals surface area contributed by atoms with Crippen LogP contribution in [-0.2, 0) is 15.2 Å². The molecule has 0 radical (unpaired) electrons. The van der Waals surface area contributed by atoms with Crippen LogP contribution in [0.1, 0.15) is 56.3 Å². The molecule has 0 saturated heterocycles. The van der Waals surface area contributed by atoms with Crippen LogP contribution in [0.3, 0.4) is 0 Å². The highest BCUT2D eigenvalue weighted by molar-refractivity contribution is 6.32. The summed E-state index contributed by atoms with van der Waals surface area (Å²) in [5, 5.41) is 40.1. The van der Waals surface area contributed by atoms with Gasteiger partial charge in [-0.2, -0.15) is 36.7 Å². The Kier molecular flexibility index (Phi) is 12.5. The molecule has 1 unspecified atom stereocenters. The minimum absolute atomic E-state index is 0.275. The van der Waals surface area contributed by atoms with Gasteiger partial charge in [0.1, 0.15) is 29.6 Å². The molecule has 0 aliphatic carbocycles. The number of aliphatic hydroxyl groups is 1. The maximum absolute atomic E-state index is 10.6. The van der Waals surface area contributed by atoms with Crippen molar-refractivity contribution in [2.24, 2.45) is 0 Å². The van der Waals surface area contributed by atoms with Crippen molar-refractivity contribution in [3.05, 3.63) is 58.3 Å². The van der Waals surface area contributed by atoms with Gasteiger partial charge in [-0.3, -0.25) is 4.98 Å². The number of nitrogens with zero attached hydrogens (tertiary/aromatic N) is 6. The second-order valence-electron chi connectivity index (χ2n) is 10.3. The molecule has 4 rings (SSSR count). The standard InChI is InChI=1S/C25H26ClN7O2.2C2HF3O2/c1-6-35-22-16(14(3)33-24-20(13(2)32-33)23(28)30-12-31-24)9-18(26)17(10-27)21(22)15-7-8-19(29-11-15)25(4,5)34;2*3-2(4,5)1(6)7/h7-9,11-12,14,34H,6H2,1-5H3,(H2,28,30,31);2*(H,6,7). The quantitative estimate of drug-likeness (QED) is 0.174. The molecule has 264 valence electrons. The highest BCUT2D eigenvalue weighted by Gasteiger charge is 2.39. The maximum atomic E-state index is 10.6. The average Bonchev–Trinajstić information content (AvgIpc) is 3.34. The van der Waals surface area contributed by atoms with Gasteiger partial charge in [0, 0.05) is 22.9 Å². The van der Waals surface area contributed by atoms with Gasteiger partial charge in [0.2, 0.25) is 0 Å². The second-order valence-corrected chi connectivity index (χ2v) is 10.7. The molecular weight excluding hydrogens is 692 g/mol. The average molecular weight is 720 g/mol. The monoisotopic (exact) mass is 719 g/mol. The zero-order valence-electron chi connectivity index (χ0n) is 26.1. The largest absolute Gasteiger partial charge is 0.493 e. The lowest BCUT2D eigenvalue weighted by Crippen LogP contribution is -2.21. The Morgan fingerprint density at radius 3 is 2.06 bits per heavy atom. The highest BCUT2D eigenvalue weighted by Crippen LogP contribution is 2.44. The number of nitriles is 1. The molecule has 5 N–H and O–H groups in total. The summed E-state index contributed by atoms with van der Waals surface area (Å²) in [6.07, 6.45) is -7.16. The summed E-state index contributed by atoms with van der Waals surface area (Å²) in [7, 11) is 0. The lowest BCUT2D eigenvalue weighted by molar-refractivity contribution is -0.193. The Morgan fingerprint density at radius 1 is 1.08 bits per heavy atom. The van der Waals surface area contributed by atoms with E-state index in [1.807, 2.05) is 20.8 Å². The van der Waals surface area contributed by atoms with E-state index in [9.17, 15) is 36.7 Å². The Morgan fingerprint density at radius 2 is 1.63 bits per heavy atom. The number of carboxylic acid groups (broad SMARTS) is 2. The molecule has 3 aromatic heterocycles. The lowest BCUT2D eigenvalue weighted by Gasteiger charge is -2.23. The van der Waals surface area contributed by atoms with Crippen molar-refractivity contribution < 1.29 is 56.0 Å². The number of ether oxygens (including phenoxy) is 1. The predicted molar refractivity (Wildman–Crippen MR) is 161 cm³/mol. The normalized spacial score (nSPS) is 12.2. The van der Waals surface area contributed by atoms with Crippen LogP contribution in [0.2, 0.25) is 5.02 Å². The third kappa shape index (κ3) is 9.67. The number of aliphatic carboxylic acids is 2. The van der Waals surface area contributed by atoms with Gasteiger partial charge in [0.15, 0.2) is 5.65 Å². The zero-order chi connectivity index (χ0) is 37.6. The number of aryl methyl sites for hydroxylation is 1. The molecule has 0 saturated carbocycles. The number of rotatable bonds is 6. The summed E-state index contributed by atoms with van der Waals surface area (Å²) in [6.45, 7) is 9.35. The number of alkyl halides is 6. The van der Waals surface area contributed by atoms with Crippen LogP contribution in [0, 0.1) is 18.3 Å². The molecule has 0 aliphatic heterocycles. The predicted octanol–water partition coefficient (Wildman–Crippen LogP) is 5.81. The fraction of sp³-hybridized carbons (Fsp3) is 0.345. The first-order valence-corrected chi connectivity index (χ1v) is 14.0. The van der Waals surface area contributed by atoms with Crippen molar-refractivity contribution in [3.63, 3.8) is 0 Å². The second kappa shape index (κ2) is 15.3. The number of anilines is 1. The minimum Gasteiger partial charge on any atom is -0.493 e. The molecule has 20 heteroatoms. The molecule has 3 heterocycles. The molecule has 0 bridgehead atoms. The number of nitrogens with two attached hydrogens (primary N) is 1. The van der Waals surface area contributed by atoms with E-state index in [4.69, 9.17) is 41.9 Å². The number of carbonyl (C=O) groups is 2. The van der Waals surface area contributed by atoms with Crippen molar-refractivity contribution in [2.75, 3.05) is 12.3 Å². The molecule has 1 atom stereocenters. The van der Waals surface area contributed by atoms with E-state index in [1.165, 1.54) is 6.33 Å². The number of hydrogen-bond donors (Lipinski definition) is 4. The molecule has 49 heavy (non-hydrogen) atoms. The summed E-state index contributed by atoms with van der Waals surface area (Å²) in [5.74, 6) is -4.66. The molecule has 0 aliphatic rings. The summed E-state index contributed by atoms with van der Waals surface area (Å²) in [5.41, 5.74) is 8.94. The molecule has 0 spiro atoms. The van der Waals surface area contributed by atoms with Crippen LogP contribution < -0.4 is 10.5 Å². The fourth-order valence-corrected chi connectivity index (χ4v) is 4.38. The van der Waals surface area contributed by atoms with E-state index in [2.05, 4.69) is 26.1 Å². The summed E-state index contributed by atoms with van der Waals surface area (Å²) >= 11 is 6.63. The van der Waals surface area contributed by atoms with Crippen molar-refractivity contribution in [1.82, 2.24) is 24.7 Å². The van der Waals surface area contributed by atoms with E-state index in [1.54, 1.807) is 42.9 Å². The molecular formula is C29H28ClF6N7O6. The number of aromatic nitrogens is 5. The van der Waals surface area contributed by atoms with Crippen LogP contribution in [0.5, 0.6) is 5.75 Å². The van der Waals surface area contributed by atoms with Gasteiger partial charge in [-0.15, -0.1) is 0 Å². The molecule has 0 amide bonds. The van der Waals surface area contributed by atoms with Gasteiger partial charge in [-0.25, -0.2) is 24.2 Å². The fourth-order valence-electron chi connectivity index (χ4n) is 4.12. The maximum Gasteiger partial charge on any atom is 0.490 e. The Labute approximate surface area is 278 Å². The van der Waals surface area contributed by atoms with Gasteiger partial charge in [-0.1, -0.05) is 17.7 Å². The molecule has 1 aromatic carbocycles. The number of carboxylic acids is 2. The first-order valence-electron chi connectivity index (χ1n) is 13.6. The van der Waals surface area contributed by atoms with Crippen molar-refractivity contribution in [3.8, 4) is 22.9 Å². The summed E-state index contributed by atoms with van der Waals surface area (Å²) in [6, 6.07) is 7.09. The number of benzene rings is 1. The number of nitrogen functional groups attached to an aromatic ring is 1. The van der Waals surface area contributed by atoms with Gasteiger partial charge >= 0.3 is 24.3 Å². The lowest BCUT2D eigenvalue weighted by atomic mass is 9.93. The zero-order valence-corrected chi connectivity index (χ0v) is 26.9. The topological polar surface area (TPSA) is 210 Å². The first kappa shape index (κ1) is 40.0. The van der Waals surface area contributed by atoms with Crippen molar-refractivity contribution in [2.45, 2.75) is 58.6 Å². The Bertz CT molecular complexity index is 1840. The smallest absolute Gasteiger partial charge is 0.490 e. The van der Waals surface area contributed by atoms with Crippen molar-refractivity contribution >= 4 is 40.4 Å². The first-order chi connectivity index (χ1) is 22.5. The van der Waals surface area contributed by atoms with E-state index >= 15 is 0 Å². The van der Waals surface area contributed by atoms with E-state index < -0.39 is 29.9 Å². The third-order valence-corrected chi connectivity index (χ3v) is 6.63. The third-order valence-electron chi connectivity index (χ3n) is 6.33. The Hall–Kier alpha value is -5.22. The summed E-state index contributed by atoms with van der Waals surface area (Å²) < 4.78 is 71.3. The minimum atomic E-state index is -5.08. The van der Waals surface area contributed by atoms with Crippen molar-refractivity contribution in [1.29, 1.82) is 5.26 Å². The van der Waals surface area contributed by atoms with Crippen LogP contribution in [0.25, 0.3) is 22.2 Å².